The number of amides is 2. The van der Waals surface area contributed by atoms with Crippen LogP contribution in [0.25, 0.3) is 5.57 Å². The van der Waals surface area contributed by atoms with Gasteiger partial charge in [-0.05, 0) is 74.9 Å². The van der Waals surface area contributed by atoms with E-state index in [-0.39, 0.29) is 11.8 Å². The molecule has 2 aliphatic rings. The smallest absolute Gasteiger partial charge is 0.282 e. The number of aryl methyl sites for hydroxylation is 2. The summed E-state index contributed by atoms with van der Waals surface area (Å²) in [5.74, 6) is 0.280. The highest BCUT2D eigenvalue weighted by Crippen LogP contribution is 2.37. The van der Waals surface area contributed by atoms with Crippen LogP contribution in [0.4, 0.5) is 5.69 Å². The number of ether oxygens (including phenoxy) is 1. The fourth-order valence-corrected chi connectivity index (χ4v) is 4.25. The van der Waals surface area contributed by atoms with Gasteiger partial charge in [-0.15, -0.1) is 0 Å². The first-order chi connectivity index (χ1) is 14.5. The Kier molecular flexibility index (Phi) is 5.62. The number of hydrogen-bond donors (Lipinski definition) is 0. The van der Waals surface area contributed by atoms with Crippen molar-refractivity contribution in [3.63, 3.8) is 0 Å². The molecule has 156 valence electrons. The maximum absolute atomic E-state index is 13.6. The summed E-state index contributed by atoms with van der Waals surface area (Å²) in [4.78, 5) is 30.7. The molecule has 4 rings (SSSR count). The van der Waals surface area contributed by atoms with Crippen LogP contribution in [0.5, 0.6) is 5.75 Å². The minimum Gasteiger partial charge on any atom is -0.494 e. The molecule has 0 saturated carbocycles. The lowest BCUT2D eigenvalue weighted by Crippen LogP contribution is -2.37. The van der Waals surface area contributed by atoms with Crippen LogP contribution < -0.4 is 9.64 Å². The molecule has 1 saturated heterocycles. The van der Waals surface area contributed by atoms with Crippen LogP contribution >= 0.6 is 0 Å². The number of nitrogens with zero attached hydrogens (tertiary/aromatic N) is 2. The Morgan fingerprint density at radius 2 is 1.60 bits per heavy atom. The normalized spacial score (nSPS) is 17.2. The number of anilines is 1. The van der Waals surface area contributed by atoms with Gasteiger partial charge < -0.3 is 9.64 Å². The third-order valence-electron chi connectivity index (χ3n) is 5.79. The zero-order valence-electron chi connectivity index (χ0n) is 17.9. The van der Waals surface area contributed by atoms with E-state index >= 15 is 0 Å². The Balaban J connectivity index is 1.81. The third-order valence-corrected chi connectivity index (χ3v) is 5.79. The van der Waals surface area contributed by atoms with Gasteiger partial charge in [0, 0.05) is 13.1 Å². The van der Waals surface area contributed by atoms with Gasteiger partial charge in [-0.25, -0.2) is 4.90 Å². The van der Waals surface area contributed by atoms with Gasteiger partial charge in [-0.2, -0.15) is 0 Å². The molecule has 30 heavy (non-hydrogen) atoms. The molecule has 0 unspecified atom stereocenters. The summed E-state index contributed by atoms with van der Waals surface area (Å²) in [6, 6.07) is 13.3. The molecular weight excluding hydrogens is 376 g/mol. The van der Waals surface area contributed by atoms with Crippen LogP contribution in [-0.2, 0) is 9.59 Å². The maximum Gasteiger partial charge on any atom is 0.282 e. The average Bonchev–Trinajstić information content (AvgIpc) is 3.01. The zero-order chi connectivity index (χ0) is 21.3. The van der Waals surface area contributed by atoms with Crippen LogP contribution in [0.1, 0.15) is 42.9 Å². The van der Waals surface area contributed by atoms with Crippen molar-refractivity contribution in [2.45, 2.75) is 40.0 Å². The van der Waals surface area contributed by atoms with Crippen LogP contribution in [0.3, 0.4) is 0 Å². The molecule has 2 aromatic rings. The molecule has 0 atom stereocenters. The Morgan fingerprint density at radius 3 is 2.27 bits per heavy atom. The molecule has 0 spiro atoms. The fraction of sp³-hybridized carbons (Fsp3) is 0.360. The monoisotopic (exact) mass is 404 g/mol. The summed E-state index contributed by atoms with van der Waals surface area (Å²) in [7, 11) is 0. The number of piperidine rings is 1. The predicted octanol–water partition coefficient (Wildman–Crippen LogP) is 4.47. The Morgan fingerprint density at radius 1 is 0.900 bits per heavy atom. The van der Waals surface area contributed by atoms with Crippen molar-refractivity contribution in [3.8, 4) is 5.75 Å². The number of carbonyl (C=O) groups excluding carboxylic acids is 2. The molecule has 5 heteroatoms. The summed E-state index contributed by atoms with van der Waals surface area (Å²) >= 11 is 0. The quantitative estimate of drug-likeness (QED) is 0.690. The van der Waals surface area contributed by atoms with Gasteiger partial charge in [0.2, 0.25) is 0 Å². The topological polar surface area (TPSA) is 49.9 Å². The van der Waals surface area contributed by atoms with Crippen molar-refractivity contribution in [1.82, 2.24) is 4.90 Å². The molecule has 2 aliphatic heterocycles. The van der Waals surface area contributed by atoms with Crippen molar-refractivity contribution < 1.29 is 14.3 Å². The largest absolute Gasteiger partial charge is 0.494 e. The van der Waals surface area contributed by atoms with Crippen molar-refractivity contribution in [2.24, 2.45) is 0 Å². The molecule has 0 bridgehead atoms. The molecule has 0 aromatic heterocycles. The van der Waals surface area contributed by atoms with Crippen LogP contribution in [-0.4, -0.2) is 36.4 Å². The molecule has 1 fully saturated rings. The highest BCUT2D eigenvalue weighted by atomic mass is 16.5. The van der Waals surface area contributed by atoms with Gasteiger partial charge in [0.1, 0.15) is 11.4 Å². The van der Waals surface area contributed by atoms with Crippen LogP contribution in [0.2, 0.25) is 0 Å². The van der Waals surface area contributed by atoms with E-state index in [4.69, 9.17) is 4.74 Å². The number of rotatable bonds is 5. The van der Waals surface area contributed by atoms with Gasteiger partial charge in [-0.1, -0.05) is 24.3 Å². The molecule has 0 radical (unpaired) electrons. The lowest BCUT2D eigenvalue weighted by molar-refractivity contribution is -0.120. The molecule has 5 nitrogen and oxygen atoms in total. The molecule has 2 aromatic carbocycles. The first-order valence-electron chi connectivity index (χ1n) is 10.7. The number of carbonyl (C=O) groups is 2. The Bertz CT molecular complexity index is 1000. The van der Waals surface area contributed by atoms with Gasteiger partial charge >= 0.3 is 0 Å². The highest BCUT2D eigenvalue weighted by Gasteiger charge is 2.43. The van der Waals surface area contributed by atoms with E-state index in [1.54, 1.807) is 0 Å². The van der Waals surface area contributed by atoms with E-state index in [9.17, 15) is 9.59 Å². The Labute approximate surface area is 177 Å². The lowest BCUT2D eigenvalue weighted by atomic mass is 10.0. The van der Waals surface area contributed by atoms with E-state index in [0.29, 0.717) is 23.6 Å². The van der Waals surface area contributed by atoms with E-state index in [0.717, 1.165) is 54.8 Å². The zero-order valence-corrected chi connectivity index (χ0v) is 17.9. The second-order valence-corrected chi connectivity index (χ2v) is 7.96. The summed E-state index contributed by atoms with van der Waals surface area (Å²) in [6.07, 6.45) is 3.22. The molecular formula is C25H28N2O3. The molecule has 0 N–H and O–H groups in total. The van der Waals surface area contributed by atoms with Crippen molar-refractivity contribution in [3.05, 3.63) is 64.9 Å². The van der Waals surface area contributed by atoms with E-state index in [1.807, 2.05) is 63.2 Å². The molecule has 0 aliphatic carbocycles. The van der Waals surface area contributed by atoms with E-state index < -0.39 is 0 Å². The van der Waals surface area contributed by atoms with Crippen LogP contribution in [0.15, 0.2) is 48.2 Å². The van der Waals surface area contributed by atoms with Crippen molar-refractivity contribution in [2.75, 3.05) is 24.6 Å². The number of likely N-dealkylation sites (tertiary alicyclic amines) is 1. The SMILES string of the molecule is CCOc1ccc(C2=C(N3CCCCC3)C(=O)N(c3cc(C)ccc3C)C2=O)cc1. The second kappa shape index (κ2) is 8.34. The van der Waals surface area contributed by atoms with E-state index in [1.165, 1.54) is 4.90 Å². The van der Waals surface area contributed by atoms with Gasteiger partial charge in [-0.3, -0.25) is 9.59 Å². The molecule has 2 amide bonds. The molecule has 2 heterocycles. The van der Waals surface area contributed by atoms with Gasteiger partial charge in [0.15, 0.2) is 0 Å². The summed E-state index contributed by atoms with van der Waals surface area (Å²) < 4.78 is 5.55. The highest BCUT2D eigenvalue weighted by molar-refractivity contribution is 6.45. The minimum atomic E-state index is -0.251. The maximum atomic E-state index is 13.6. The number of hydrogen-bond acceptors (Lipinski definition) is 4. The fourth-order valence-electron chi connectivity index (χ4n) is 4.25. The third kappa shape index (κ3) is 3.60. The Hall–Kier alpha value is -3.08. The van der Waals surface area contributed by atoms with Gasteiger partial charge in [0.25, 0.3) is 11.8 Å². The number of benzene rings is 2. The van der Waals surface area contributed by atoms with Gasteiger partial charge in [0.05, 0.1) is 17.9 Å². The summed E-state index contributed by atoms with van der Waals surface area (Å²) in [5.41, 5.74) is 4.37. The summed E-state index contributed by atoms with van der Waals surface area (Å²) in [6.45, 7) is 8.03. The lowest BCUT2D eigenvalue weighted by Gasteiger charge is -2.29. The number of imide groups is 1. The van der Waals surface area contributed by atoms with E-state index in [2.05, 4.69) is 4.90 Å². The minimum absolute atomic E-state index is 0.223. The summed E-state index contributed by atoms with van der Waals surface area (Å²) in [5, 5.41) is 0. The average molecular weight is 405 g/mol. The first kappa shape index (κ1) is 20.2. The second-order valence-electron chi connectivity index (χ2n) is 7.96. The van der Waals surface area contributed by atoms with Crippen LogP contribution in [0, 0.1) is 13.8 Å². The van der Waals surface area contributed by atoms with Crippen molar-refractivity contribution in [1.29, 1.82) is 0 Å². The predicted molar refractivity (Wildman–Crippen MR) is 118 cm³/mol. The standard InChI is InChI=1S/C25H28N2O3/c1-4-30-20-12-10-19(11-13-20)22-23(26-14-6-5-7-15-26)25(29)27(24(22)28)21-16-17(2)8-9-18(21)3/h8-13,16H,4-7,14-15H2,1-3H3. The van der Waals surface area contributed by atoms with Crippen molar-refractivity contribution >= 4 is 23.1 Å². The first-order valence-corrected chi connectivity index (χ1v) is 10.7.